The number of ether oxygens (including phenoxy) is 2. The summed E-state index contributed by atoms with van der Waals surface area (Å²) < 4.78 is 81.2. The summed E-state index contributed by atoms with van der Waals surface area (Å²) in [6, 6.07) is 16.0. The third kappa shape index (κ3) is 8.62. The summed E-state index contributed by atoms with van der Waals surface area (Å²) in [5, 5.41) is 0. The average molecular weight is 491 g/mol. The van der Waals surface area contributed by atoms with Crippen molar-refractivity contribution in [3.63, 3.8) is 0 Å². The molecule has 2 aromatic carbocycles. The highest BCUT2D eigenvalue weighted by atomic mass is 19.4. The molecule has 0 amide bonds. The van der Waals surface area contributed by atoms with E-state index in [1.165, 1.54) is 0 Å². The zero-order chi connectivity index (χ0) is 25.2. The van der Waals surface area contributed by atoms with Crippen molar-refractivity contribution in [1.29, 1.82) is 0 Å². The van der Waals surface area contributed by atoms with Crippen molar-refractivity contribution >= 4 is 0 Å². The molecule has 0 heterocycles. The van der Waals surface area contributed by atoms with E-state index in [2.05, 4.69) is 9.47 Å². The molecule has 190 valence electrons. The number of benzene rings is 2. The fourth-order valence-corrected chi connectivity index (χ4v) is 4.59. The lowest BCUT2D eigenvalue weighted by Crippen LogP contribution is -2.19. The molecular formula is C26H32F6O2. The van der Waals surface area contributed by atoms with Gasteiger partial charge in [-0.2, -0.15) is 0 Å². The summed E-state index contributed by atoms with van der Waals surface area (Å²) in [5.74, 6) is 0.158. The predicted molar refractivity (Wildman–Crippen MR) is 120 cm³/mol. The van der Waals surface area contributed by atoms with Crippen LogP contribution in [0.2, 0.25) is 0 Å². The van der Waals surface area contributed by atoms with Crippen LogP contribution < -0.4 is 0 Å². The van der Waals surface area contributed by atoms with Crippen LogP contribution in [-0.2, 0) is 9.47 Å². The molecule has 0 spiro atoms. The molecule has 8 heteroatoms. The predicted octanol–water partition coefficient (Wildman–Crippen LogP) is 8.97. The molecule has 0 N–H and O–H groups in total. The quantitative estimate of drug-likeness (QED) is 0.244. The van der Waals surface area contributed by atoms with Crippen LogP contribution in [0.15, 0.2) is 48.5 Å². The normalized spacial score (nSPS) is 17.4. The number of hydrogen-bond acceptors (Lipinski definition) is 2. The Morgan fingerprint density at radius 3 is 1.29 bits per heavy atom. The first-order chi connectivity index (χ1) is 16.2. The van der Waals surface area contributed by atoms with Gasteiger partial charge in [0.15, 0.2) is 0 Å². The van der Waals surface area contributed by atoms with Gasteiger partial charge in [-0.1, -0.05) is 75.2 Å². The molecule has 1 aliphatic rings. The Morgan fingerprint density at radius 1 is 0.588 bits per heavy atom. The fourth-order valence-electron chi connectivity index (χ4n) is 4.59. The second kappa shape index (κ2) is 13.1. The van der Waals surface area contributed by atoms with E-state index in [0.717, 1.165) is 22.3 Å². The van der Waals surface area contributed by atoms with Gasteiger partial charge in [0, 0.05) is 0 Å². The zero-order valence-corrected chi connectivity index (χ0v) is 19.5. The van der Waals surface area contributed by atoms with Gasteiger partial charge in [-0.3, -0.25) is 9.47 Å². The Kier molecular flexibility index (Phi) is 10.9. The Balaban J connectivity index is 0.00000199. The van der Waals surface area contributed by atoms with E-state index in [0.29, 0.717) is 25.7 Å². The van der Waals surface area contributed by atoms with E-state index in [4.69, 9.17) is 0 Å². The van der Waals surface area contributed by atoms with E-state index in [9.17, 15) is 26.3 Å². The minimum absolute atomic E-state index is 0.0792. The van der Waals surface area contributed by atoms with Crippen LogP contribution in [0.25, 0.3) is 11.1 Å². The number of alkyl halides is 6. The topological polar surface area (TPSA) is 18.5 Å². The molecule has 2 unspecified atom stereocenters. The molecule has 0 saturated carbocycles. The third-order valence-electron chi connectivity index (χ3n) is 5.85. The van der Waals surface area contributed by atoms with Crippen LogP contribution in [0, 0.1) is 0 Å². The molecule has 2 atom stereocenters. The molecule has 0 saturated heterocycles. The van der Waals surface area contributed by atoms with E-state index < -0.39 is 12.7 Å². The zero-order valence-electron chi connectivity index (χ0n) is 19.5. The van der Waals surface area contributed by atoms with Crippen LogP contribution in [0.1, 0.15) is 75.3 Å². The third-order valence-corrected chi connectivity index (χ3v) is 5.85. The number of fused-ring (bicyclic) bond motifs is 3. The number of rotatable bonds is 10. The molecule has 0 radical (unpaired) electrons. The fraction of sp³-hybridized carbons (Fsp3) is 0.538. The number of hydrogen-bond donors (Lipinski definition) is 0. The molecule has 0 bridgehead atoms. The highest BCUT2D eigenvalue weighted by Crippen LogP contribution is 2.50. The van der Waals surface area contributed by atoms with Crippen molar-refractivity contribution < 1.29 is 35.8 Å². The molecule has 3 rings (SSSR count). The maximum atomic E-state index is 12.2. The number of unbranched alkanes of at least 4 members (excludes halogenated alkanes) is 2. The van der Waals surface area contributed by atoms with Gasteiger partial charge in [-0.25, -0.2) is 0 Å². The molecule has 0 fully saturated rings. The van der Waals surface area contributed by atoms with Gasteiger partial charge >= 0.3 is 12.7 Å². The van der Waals surface area contributed by atoms with E-state index in [1.54, 1.807) is 0 Å². The van der Waals surface area contributed by atoms with Crippen molar-refractivity contribution in [3.05, 3.63) is 59.7 Å². The van der Waals surface area contributed by atoms with Gasteiger partial charge in [-0.15, -0.1) is 26.3 Å². The smallest absolute Gasteiger partial charge is 0.292 e. The van der Waals surface area contributed by atoms with Crippen molar-refractivity contribution in [3.8, 4) is 11.1 Å². The summed E-state index contributed by atoms with van der Waals surface area (Å²) in [6.07, 6.45) is -6.21. The molecule has 34 heavy (non-hydrogen) atoms. The van der Waals surface area contributed by atoms with Gasteiger partial charge in [-0.05, 0) is 59.8 Å². The van der Waals surface area contributed by atoms with E-state index in [-0.39, 0.29) is 37.9 Å². The first-order valence-electron chi connectivity index (χ1n) is 11.8. The maximum absolute atomic E-state index is 12.2. The summed E-state index contributed by atoms with van der Waals surface area (Å²) in [7, 11) is 0. The van der Waals surface area contributed by atoms with Crippen LogP contribution in [0.4, 0.5) is 26.3 Å². The number of halogens is 6. The van der Waals surface area contributed by atoms with Crippen LogP contribution >= 0.6 is 0 Å². The lowest BCUT2D eigenvalue weighted by Gasteiger charge is -2.36. The Labute approximate surface area is 197 Å². The average Bonchev–Trinajstić information content (AvgIpc) is 2.79. The van der Waals surface area contributed by atoms with Crippen molar-refractivity contribution in [2.24, 2.45) is 0 Å². The monoisotopic (exact) mass is 490 g/mol. The maximum Gasteiger partial charge on any atom is 0.522 e. The Morgan fingerprint density at radius 2 is 0.941 bits per heavy atom. The van der Waals surface area contributed by atoms with Crippen molar-refractivity contribution in [1.82, 2.24) is 0 Å². The summed E-state index contributed by atoms with van der Waals surface area (Å²) in [4.78, 5) is 0. The van der Waals surface area contributed by atoms with Crippen molar-refractivity contribution in [2.45, 2.75) is 76.9 Å². The van der Waals surface area contributed by atoms with E-state index >= 15 is 0 Å². The Bertz CT molecular complexity index is 791. The summed E-state index contributed by atoms with van der Waals surface area (Å²) >= 11 is 0. The minimum atomic E-state index is -4.63. The van der Waals surface area contributed by atoms with Crippen LogP contribution in [0.5, 0.6) is 0 Å². The van der Waals surface area contributed by atoms with Crippen LogP contribution in [0.3, 0.4) is 0 Å². The van der Waals surface area contributed by atoms with Gasteiger partial charge in [0.2, 0.25) is 0 Å². The molecule has 2 aromatic rings. The second-order valence-corrected chi connectivity index (χ2v) is 7.97. The minimum Gasteiger partial charge on any atom is -0.292 e. The van der Waals surface area contributed by atoms with Crippen LogP contribution in [-0.4, -0.2) is 25.9 Å². The van der Waals surface area contributed by atoms with Crippen molar-refractivity contribution in [2.75, 3.05) is 13.2 Å². The Hall–Kier alpha value is -2.06. The second-order valence-electron chi connectivity index (χ2n) is 7.97. The SMILES string of the molecule is CC.FC(F)(F)OCCCCC1c2ccccc2-c2ccccc2C1CCCCOC(F)(F)F. The molecule has 1 aliphatic carbocycles. The van der Waals surface area contributed by atoms with Gasteiger partial charge in [0.1, 0.15) is 0 Å². The highest BCUT2D eigenvalue weighted by Gasteiger charge is 2.33. The first-order valence-corrected chi connectivity index (χ1v) is 11.8. The molecular weight excluding hydrogens is 458 g/mol. The standard InChI is InChI=1S/C24H26F6O2.C2H6/c25-23(26,27)31-15-7-5-13-21-19-11-3-1-9-17(19)18-10-2-4-12-20(18)22(21)14-6-8-16-32-24(28,29)30;1-2/h1-4,9-12,21-22H,5-8,13-16H2;1-2H3. The van der Waals surface area contributed by atoms with Gasteiger partial charge < -0.3 is 0 Å². The highest BCUT2D eigenvalue weighted by molar-refractivity contribution is 5.75. The molecule has 2 nitrogen and oxygen atoms in total. The first kappa shape index (κ1) is 28.2. The van der Waals surface area contributed by atoms with E-state index in [1.807, 2.05) is 62.4 Å². The largest absolute Gasteiger partial charge is 0.522 e. The summed E-state index contributed by atoms with van der Waals surface area (Å²) in [6.45, 7) is 3.24. The lowest BCUT2D eigenvalue weighted by molar-refractivity contribution is -0.325. The van der Waals surface area contributed by atoms with Gasteiger partial charge in [0.05, 0.1) is 13.2 Å². The lowest BCUT2D eigenvalue weighted by atomic mass is 9.68. The molecule has 0 aliphatic heterocycles. The summed E-state index contributed by atoms with van der Waals surface area (Å²) in [5.41, 5.74) is 4.49. The van der Waals surface area contributed by atoms with Gasteiger partial charge in [0.25, 0.3) is 0 Å². The molecule has 0 aromatic heterocycles.